The van der Waals surface area contributed by atoms with Gasteiger partial charge in [0.1, 0.15) is 0 Å². The Morgan fingerprint density at radius 1 is 1.21 bits per heavy atom. The molecule has 2 aliphatic heterocycles. The van der Waals surface area contributed by atoms with E-state index in [4.69, 9.17) is 9.47 Å². The van der Waals surface area contributed by atoms with Crippen LogP contribution >= 0.6 is 0 Å². The van der Waals surface area contributed by atoms with Crippen molar-refractivity contribution >= 4 is 5.91 Å². The van der Waals surface area contributed by atoms with Crippen molar-refractivity contribution in [2.75, 3.05) is 53.0 Å². The topological polar surface area (TPSA) is 42.0 Å². The van der Waals surface area contributed by atoms with Gasteiger partial charge in [0, 0.05) is 26.7 Å². The van der Waals surface area contributed by atoms with Crippen molar-refractivity contribution < 1.29 is 14.3 Å². The van der Waals surface area contributed by atoms with Crippen LogP contribution in [0.15, 0.2) is 30.3 Å². The normalized spacial score (nSPS) is 25.6. The van der Waals surface area contributed by atoms with E-state index in [0.29, 0.717) is 25.7 Å². The summed E-state index contributed by atoms with van der Waals surface area (Å²) in [6.45, 7) is 5.06. The number of carbonyl (C=O) groups is 1. The summed E-state index contributed by atoms with van der Waals surface area (Å²) in [5, 5.41) is 0. The number of amides is 1. The standard InChI is InChI=1S/C19H28N2O3/c1-23-18-14-20(15-19(22)21-9-11-24-12-10-21)8-7-17(18)13-16-5-3-2-4-6-16/h2-6,17-18H,7-15H2,1H3/t17-,18+/m1/s1. The van der Waals surface area contributed by atoms with Crippen LogP contribution in [-0.2, 0) is 20.7 Å². The first-order valence-electron chi connectivity index (χ1n) is 8.91. The molecule has 1 amide bonds. The lowest BCUT2D eigenvalue weighted by atomic mass is 9.87. The maximum absolute atomic E-state index is 12.4. The van der Waals surface area contributed by atoms with E-state index in [0.717, 1.165) is 39.0 Å². The van der Waals surface area contributed by atoms with E-state index >= 15 is 0 Å². The van der Waals surface area contributed by atoms with Crippen molar-refractivity contribution in [1.29, 1.82) is 0 Å². The zero-order valence-electron chi connectivity index (χ0n) is 14.5. The number of benzene rings is 1. The van der Waals surface area contributed by atoms with Gasteiger partial charge in [-0.05, 0) is 30.9 Å². The summed E-state index contributed by atoms with van der Waals surface area (Å²) in [5.74, 6) is 0.738. The zero-order chi connectivity index (χ0) is 16.8. The minimum atomic E-state index is 0.191. The molecule has 2 aliphatic rings. The lowest BCUT2D eigenvalue weighted by Crippen LogP contribution is -2.51. The molecule has 0 unspecified atom stereocenters. The minimum absolute atomic E-state index is 0.191. The maximum atomic E-state index is 12.4. The Labute approximate surface area is 144 Å². The predicted molar refractivity (Wildman–Crippen MR) is 92.9 cm³/mol. The highest BCUT2D eigenvalue weighted by Gasteiger charge is 2.31. The van der Waals surface area contributed by atoms with E-state index in [2.05, 4.69) is 35.2 Å². The molecule has 1 aromatic rings. The number of nitrogens with zero attached hydrogens (tertiary/aromatic N) is 2. The van der Waals surface area contributed by atoms with Crippen LogP contribution in [0.3, 0.4) is 0 Å². The van der Waals surface area contributed by atoms with Gasteiger partial charge >= 0.3 is 0 Å². The Morgan fingerprint density at radius 2 is 1.96 bits per heavy atom. The van der Waals surface area contributed by atoms with Crippen molar-refractivity contribution in [3.8, 4) is 0 Å². The number of rotatable bonds is 5. The number of morpholine rings is 1. The van der Waals surface area contributed by atoms with Gasteiger partial charge in [-0.15, -0.1) is 0 Å². The second-order valence-electron chi connectivity index (χ2n) is 6.74. The Bertz CT molecular complexity index is 517. The van der Waals surface area contributed by atoms with Crippen molar-refractivity contribution in [1.82, 2.24) is 9.80 Å². The molecule has 0 radical (unpaired) electrons. The summed E-state index contributed by atoms with van der Waals surface area (Å²) in [4.78, 5) is 16.6. The predicted octanol–water partition coefficient (Wildman–Crippen LogP) is 1.42. The first-order valence-corrected chi connectivity index (χ1v) is 8.91. The lowest BCUT2D eigenvalue weighted by molar-refractivity contribution is -0.137. The molecule has 0 aromatic heterocycles. The SMILES string of the molecule is CO[C@H]1CN(CC(=O)N2CCOCC2)CC[C@@H]1Cc1ccccc1. The molecule has 0 N–H and O–H groups in total. The largest absolute Gasteiger partial charge is 0.380 e. The Kier molecular flexibility index (Phi) is 6.24. The number of piperidine rings is 1. The van der Waals surface area contributed by atoms with Crippen LogP contribution in [0.1, 0.15) is 12.0 Å². The number of hydrogen-bond donors (Lipinski definition) is 0. The number of methoxy groups -OCH3 is 1. The molecule has 1 aromatic carbocycles. The van der Waals surface area contributed by atoms with Crippen LogP contribution in [0.2, 0.25) is 0 Å². The van der Waals surface area contributed by atoms with Crippen LogP contribution < -0.4 is 0 Å². The molecule has 132 valence electrons. The summed E-state index contributed by atoms with van der Waals surface area (Å²) in [6.07, 6.45) is 2.31. The number of ether oxygens (including phenoxy) is 2. The summed E-state index contributed by atoms with van der Waals surface area (Å²) in [5.41, 5.74) is 1.36. The molecule has 3 rings (SSSR count). The molecular formula is C19H28N2O3. The van der Waals surface area contributed by atoms with Crippen LogP contribution in [-0.4, -0.2) is 74.9 Å². The monoisotopic (exact) mass is 332 g/mol. The molecule has 0 spiro atoms. The van der Waals surface area contributed by atoms with Gasteiger partial charge in [-0.25, -0.2) is 0 Å². The fraction of sp³-hybridized carbons (Fsp3) is 0.632. The third kappa shape index (κ3) is 4.56. The maximum Gasteiger partial charge on any atom is 0.236 e. The lowest BCUT2D eigenvalue weighted by Gasteiger charge is -2.38. The molecule has 2 heterocycles. The molecule has 2 saturated heterocycles. The van der Waals surface area contributed by atoms with E-state index in [1.54, 1.807) is 7.11 Å². The summed E-state index contributed by atoms with van der Waals surface area (Å²) >= 11 is 0. The Balaban J connectivity index is 1.51. The zero-order valence-corrected chi connectivity index (χ0v) is 14.5. The van der Waals surface area contributed by atoms with Crippen LogP contribution in [0.4, 0.5) is 0 Å². The van der Waals surface area contributed by atoms with Crippen LogP contribution in [0.5, 0.6) is 0 Å². The average Bonchev–Trinajstić information content (AvgIpc) is 2.64. The Hall–Kier alpha value is -1.43. The quantitative estimate of drug-likeness (QED) is 0.818. The molecule has 5 nitrogen and oxygen atoms in total. The first-order chi connectivity index (χ1) is 11.8. The summed E-state index contributed by atoms with van der Waals surface area (Å²) in [7, 11) is 1.79. The van der Waals surface area contributed by atoms with Gasteiger partial charge in [0.25, 0.3) is 0 Å². The van der Waals surface area contributed by atoms with E-state index in [1.165, 1.54) is 5.56 Å². The molecule has 2 fully saturated rings. The fourth-order valence-electron chi connectivity index (χ4n) is 3.69. The number of likely N-dealkylation sites (tertiary alicyclic amines) is 1. The number of carbonyl (C=O) groups excluding carboxylic acids is 1. The van der Waals surface area contributed by atoms with Gasteiger partial charge in [0.2, 0.25) is 5.91 Å². The molecule has 24 heavy (non-hydrogen) atoms. The fourth-order valence-corrected chi connectivity index (χ4v) is 3.69. The molecule has 0 saturated carbocycles. The average molecular weight is 332 g/mol. The Morgan fingerprint density at radius 3 is 2.67 bits per heavy atom. The highest BCUT2D eigenvalue weighted by molar-refractivity contribution is 5.78. The summed E-state index contributed by atoms with van der Waals surface area (Å²) < 4.78 is 11.1. The van der Waals surface area contributed by atoms with Gasteiger partial charge in [-0.2, -0.15) is 0 Å². The van der Waals surface area contributed by atoms with Gasteiger partial charge in [0.15, 0.2) is 0 Å². The smallest absolute Gasteiger partial charge is 0.236 e. The molecule has 5 heteroatoms. The summed E-state index contributed by atoms with van der Waals surface area (Å²) in [6, 6.07) is 10.6. The van der Waals surface area contributed by atoms with E-state index in [9.17, 15) is 4.79 Å². The van der Waals surface area contributed by atoms with Crippen LogP contribution in [0, 0.1) is 5.92 Å². The van der Waals surface area contributed by atoms with Gasteiger partial charge in [0.05, 0.1) is 25.9 Å². The highest BCUT2D eigenvalue weighted by Crippen LogP contribution is 2.24. The van der Waals surface area contributed by atoms with Gasteiger partial charge in [-0.1, -0.05) is 30.3 Å². The third-order valence-electron chi connectivity index (χ3n) is 5.15. The van der Waals surface area contributed by atoms with E-state index in [1.807, 2.05) is 4.90 Å². The van der Waals surface area contributed by atoms with Crippen molar-refractivity contribution in [2.24, 2.45) is 5.92 Å². The third-order valence-corrected chi connectivity index (χ3v) is 5.15. The van der Waals surface area contributed by atoms with Crippen molar-refractivity contribution in [3.05, 3.63) is 35.9 Å². The second kappa shape index (κ2) is 8.60. The minimum Gasteiger partial charge on any atom is -0.380 e. The van der Waals surface area contributed by atoms with Crippen molar-refractivity contribution in [2.45, 2.75) is 18.9 Å². The van der Waals surface area contributed by atoms with E-state index in [-0.39, 0.29) is 12.0 Å². The van der Waals surface area contributed by atoms with Crippen molar-refractivity contribution in [3.63, 3.8) is 0 Å². The highest BCUT2D eigenvalue weighted by atomic mass is 16.5. The van der Waals surface area contributed by atoms with E-state index < -0.39 is 0 Å². The molecule has 2 atom stereocenters. The molecule has 0 bridgehead atoms. The molecule has 0 aliphatic carbocycles. The molecular weight excluding hydrogens is 304 g/mol. The first kappa shape index (κ1) is 17.4. The number of hydrogen-bond acceptors (Lipinski definition) is 4. The van der Waals surface area contributed by atoms with Crippen LogP contribution in [0.25, 0.3) is 0 Å². The second-order valence-corrected chi connectivity index (χ2v) is 6.74. The van der Waals surface area contributed by atoms with Gasteiger partial charge < -0.3 is 14.4 Å². The van der Waals surface area contributed by atoms with Gasteiger partial charge in [-0.3, -0.25) is 9.69 Å².